The third-order valence-corrected chi connectivity index (χ3v) is 4.47. The smallest absolute Gasteiger partial charge is 0.129 e. The third-order valence-electron chi connectivity index (χ3n) is 3.41. The number of benzene rings is 3. The Morgan fingerprint density at radius 1 is 0.696 bits per heavy atom. The van der Waals surface area contributed by atoms with E-state index >= 15 is 0 Å². The quantitative estimate of drug-likeness (QED) is 0.361. The monoisotopic (exact) mass is 428 g/mol. The molecular formula is C18H10Br2N2O. The first-order valence-corrected chi connectivity index (χ1v) is 8.57. The minimum absolute atomic E-state index is 0.741. The van der Waals surface area contributed by atoms with Crippen LogP contribution in [0.5, 0.6) is 11.5 Å². The first kappa shape index (κ1) is 14.6. The summed E-state index contributed by atoms with van der Waals surface area (Å²) >= 11 is 7.02. The van der Waals surface area contributed by atoms with Crippen LogP contribution in [0.25, 0.3) is 22.1 Å². The van der Waals surface area contributed by atoms with Gasteiger partial charge in [0.1, 0.15) is 17.0 Å². The van der Waals surface area contributed by atoms with Gasteiger partial charge in [0.2, 0.25) is 0 Å². The molecule has 1 aromatic heterocycles. The summed E-state index contributed by atoms with van der Waals surface area (Å²) in [6, 6.07) is 19.3. The van der Waals surface area contributed by atoms with Crippen molar-refractivity contribution >= 4 is 53.9 Å². The van der Waals surface area contributed by atoms with Gasteiger partial charge in [0.15, 0.2) is 0 Å². The van der Waals surface area contributed by atoms with E-state index < -0.39 is 0 Å². The lowest BCUT2D eigenvalue weighted by Gasteiger charge is -2.07. The Hall–Kier alpha value is -1.98. The maximum absolute atomic E-state index is 5.86. The molecule has 4 aromatic rings. The standard InChI is InChI=1S/C18H10Br2N2O/c19-11-8-14(20)18-17(9-11)21-15-7-6-13(10-16(15)22-18)23-12-4-2-1-3-5-12/h1-10H. The second-order valence-electron chi connectivity index (χ2n) is 5.04. The van der Waals surface area contributed by atoms with E-state index in [1.807, 2.05) is 60.7 Å². The summed E-state index contributed by atoms with van der Waals surface area (Å²) < 4.78 is 7.74. The summed E-state index contributed by atoms with van der Waals surface area (Å²) in [5.74, 6) is 1.54. The Morgan fingerprint density at radius 2 is 1.52 bits per heavy atom. The van der Waals surface area contributed by atoms with Crippen LogP contribution >= 0.6 is 31.9 Å². The highest BCUT2D eigenvalue weighted by molar-refractivity contribution is 9.11. The fourth-order valence-electron chi connectivity index (χ4n) is 2.37. The molecule has 0 spiro atoms. The number of aromatic nitrogens is 2. The van der Waals surface area contributed by atoms with Crippen molar-refractivity contribution in [2.45, 2.75) is 0 Å². The first-order chi connectivity index (χ1) is 11.2. The molecule has 3 aromatic carbocycles. The van der Waals surface area contributed by atoms with E-state index in [-0.39, 0.29) is 0 Å². The molecule has 23 heavy (non-hydrogen) atoms. The number of fused-ring (bicyclic) bond motifs is 2. The van der Waals surface area contributed by atoms with Gasteiger partial charge >= 0.3 is 0 Å². The molecule has 0 aliphatic heterocycles. The number of hydrogen-bond donors (Lipinski definition) is 0. The molecule has 0 aliphatic carbocycles. The molecule has 5 heteroatoms. The number of hydrogen-bond acceptors (Lipinski definition) is 3. The SMILES string of the molecule is Brc1cc(Br)c2nc3cc(Oc4ccccc4)ccc3nc2c1. The van der Waals surface area contributed by atoms with Gasteiger partial charge < -0.3 is 4.74 Å². The molecule has 1 heterocycles. The van der Waals surface area contributed by atoms with Crippen LogP contribution in [0, 0.1) is 0 Å². The van der Waals surface area contributed by atoms with Gasteiger partial charge in [-0.2, -0.15) is 0 Å². The second-order valence-corrected chi connectivity index (χ2v) is 6.81. The van der Waals surface area contributed by atoms with E-state index in [1.165, 1.54) is 0 Å². The zero-order chi connectivity index (χ0) is 15.8. The number of nitrogens with zero attached hydrogens (tertiary/aromatic N) is 2. The van der Waals surface area contributed by atoms with Crippen LogP contribution in [0.2, 0.25) is 0 Å². The van der Waals surface area contributed by atoms with Gasteiger partial charge in [0.05, 0.1) is 16.6 Å². The Bertz CT molecular complexity index is 1020. The van der Waals surface area contributed by atoms with Crippen molar-refractivity contribution in [3.8, 4) is 11.5 Å². The van der Waals surface area contributed by atoms with E-state index in [0.717, 1.165) is 42.5 Å². The van der Waals surface area contributed by atoms with Crippen molar-refractivity contribution in [1.29, 1.82) is 0 Å². The van der Waals surface area contributed by atoms with Gasteiger partial charge in [0.25, 0.3) is 0 Å². The largest absolute Gasteiger partial charge is 0.457 e. The maximum Gasteiger partial charge on any atom is 0.129 e. The van der Waals surface area contributed by atoms with Crippen LogP contribution < -0.4 is 4.74 Å². The molecule has 0 amide bonds. The zero-order valence-corrected chi connectivity index (χ0v) is 15.0. The average Bonchev–Trinajstić information content (AvgIpc) is 2.54. The number of rotatable bonds is 2. The highest BCUT2D eigenvalue weighted by Gasteiger charge is 2.08. The van der Waals surface area contributed by atoms with E-state index in [9.17, 15) is 0 Å². The van der Waals surface area contributed by atoms with Gasteiger partial charge in [0, 0.05) is 15.0 Å². The van der Waals surface area contributed by atoms with Gasteiger partial charge in [-0.15, -0.1) is 0 Å². The summed E-state index contributed by atoms with van der Waals surface area (Å²) in [5, 5.41) is 0. The Kier molecular flexibility index (Phi) is 3.75. The van der Waals surface area contributed by atoms with Crippen molar-refractivity contribution in [3.05, 3.63) is 69.6 Å². The van der Waals surface area contributed by atoms with Gasteiger partial charge in [-0.25, -0.2) is 9.97 Å². The minimum Gasteiger partial charge on any atom is -0.457 e. The van der Waals surface area contributed by atoms with Gasteiger partial charge in [-0.3, -0.25) is 0 Å². The summed E-state index contributed by atoms with van der Waals surface area (Å²) in [6.07, 6.45) is 0. The molecule has 0 saturated carbocycles. The lowest BCUT2D eigenvalue weighted by Crippen LogP contribution is -1.90. The van der Waals surface area contributed by atoms with E-state index in [0.29, 0.717) is 0 Å². The Balaban J connectivity index is 1.83. The Morgan fingerprint density at radius 3 is 2.35 bits per heavy atom. The average molecular weight is 430 g/mol. The number of ether oxygens (including phenoxy) is 1. The summed E-state index contributed by atoms with van der Waals surface area (Å²) in [5.41, 5.74) is 3.31. The van der Waals surface area contributed by atoms with E-state index in [2.05, 4.69) is 36.8 Å². The van der Waals surface area contributed by atoms with E-state index in [4.69, 9.17) is 9.72 Å². The molecule has 4 rings (SSSR count). The summed E-state index contributed by atoms with van der Waals surface area (Å²) in [4.78, 5) is 9.38. The normalized spacial score (nSPS) is 11.0. The van der Waals surface area contributed by atoms with Crippen molar-refractivity contribution in [3.63, 3.8) is 0 Å². The first-order valence-electron chi connectivity index (χ1n) is 6.98. The molecule has 0 saturated heterocycles. The van der Waals surface area contributed by atoms with Crippen molar-refractivity contribution in [1.82, 2.24) is 9.97 Å². The summed E-state index contributed by atoms with van der Waals surface area (Å²) in [7, 11) is 0. The number of para-hydroxylation sites is 1. The van der Waals surface area contributed by atoms with Crippen LogP contribution in [-0.4, -0.2) is 9.97 Å². The van der Waals surface area contributed by atoms with E-state index in [1.54, 1.807) is 0 Å². The predicted molar refractivity (Wildman–Crippen MR) is 99.0 cm³/mol. The molecule has 0 fully saturated rings. The van der Waals surface area contributed by atoms with Crippen molar-refractivity contribution in [2.24, 2.45) is 0 Å². The molecule has 0 aliphatic rings. The second kappa shape index (κ2) is 5.91. The fraction of sp³-hybridized carbons (Fsp3) is 0. The van der Waals surface area contributed by atoms with Crippen molar-refractivity contribution < 1.29 is 4.74 Å². The number of halogens is 2. The highest BCUT2D eigenvalue weighted by atomic mass is 79.9. The fourth-order valence-corrected chi connectivity index (χ4v) is 3.67. The molecule has 112 valence electrons. The van der Waals surface area contributed by atoms with Crippen LogP contribution in [0.15, 0.2) is 69.6 Å². The molecule has 0 N–H and O–H groups in total. The molecule has 0 radical (unpaired) electrons. The summed E-state index contributed by atoms with van der Waals surface area (Å²) in [6.45, 7) is 0. The molecule has 0 bridgehead atoms. The van der Waals surface area contributed by atoms with Crippen LogP contribution in [-0.2, 0) is 0 Å². The predicted octanol–water partition coefficient (Wildman–Crippen LogP) is 6.10. The Labute approximate surface area is 149 Å². The third kappa shape index (κ3) is 2.94. The molecule has 0 unspecified atom stereocenters. The molecule has 3 nitrogen and oxygen atoms in total. The molecular weight excluding hydrogens is 420 g/mol. The molecule has 0 atom stereocenters. The zero-order valence-electron chi connectivity index (χ0n) is 11.8. The lowest BCUT2D eigenvalue weighted by atomic mass is 10.2. The van der Waals surface area contributed by atoms with Gasteiger partial charge in [-0.05, 0) is 52.3 Å². The van der Waals surface area contributed by atoms with Gasteiger partial charge in [-0.1, -0.05) is 34.1 Å². The lowest BCUT2D eigenvalue weighted by molar-refractivity contribution is 0.483. The van der Waals surface area contributed by atoms with Crippen LogP contribution in [0.3, 0.4) is 0 Å². The maximum atomic E-state index is 5.86. The van der Waals surface area contributed by atoms with Crippen molar-refractivity contribution in [2.75, 3.05) is 0 Å². The minimum atomic E-state index is 0.741. The highest BCUT2D eigenvalue weighted by Crippen LogP contribution is 2.29. The van der Waals surface area contributed by atoms with Crippen LogP contribution in [0.1, 0.15) is 0 Å². The van der Waals surface area contributed by atoms with Crippen LogP contribution in [0.4, 0.5) is 0 Å². The topological polar surface area (TPSA) is 35.0 Å².